The summed E-state index contributed by atoms with van der Waals surface area (Å²) in [6.07, 6.45) is -3.84. The minimum Gasteiger partial charge on any atom is -0.391 e. The van der Waals surface area contributed by atoms with Gasteiger partial charge in [-0.05, 0) is 29.8 Å². The fourth-order valence-corrected chi connectivity index (χ4v) is 4.44. The second kappa shape index (κ2) is 9.02. The van der Waals surface area contributed by atoms with Gasteiger partial charge in [0.25, 0.3) is 5.69 Å². The Bertz CT molecular complexity index is 1080. The number of nitro benzene ring substituents is 1. The Morgan fingerprint density at radius 1 is 1.10 bits per heavy atom. The molecular formula is C19H18F3N3O5S. The quantitative estimate of drug-likeness (QED) is 0.483. The smallest absolute Gasteiger partial charge is 0.391 e. The average Bonchev–Trinajstić information content (AvgIpc) is 2.74. The van der Waals surface area contributed by atoms with Gasteiger partial charge >= 0.3 is 6.18 Å². The molecule has 0 aromatic heterocycles. The Balaban J connectivity index is 1.56. The van der Waals surface area contributed by atoms with Crippen LogP contribution >= 0.6 is 0 Å². The van der Waals surface area contributed by atoms with Gasteiger partial charge in [0.05, 0.1) is 21.1 Å². The van der Waals surface area contributed by atoms with Crippen molar-refractivity contribution >= 4 is 21.4 Å². The van der Waals surface area contributed by atoms with Crippen molar-refractivity contribution in [2.24, 2.45) is 5.16 Å². The van der Waals surface area contributed by atoms with Gasteiger partial charge in [0.1, 0.15) is 6.61 Å². The topological polar surface area (TPSA) is 102 Å². The van der Waals surface area contributed by atoms with Gasteiger partial charge in [-0.3, -0.25) is 10.1 Å². The molecule has 0 atom stereocenters. The maximum Gasteiger partial charge on any atom is 0.416 e. The summed E-state index contributed by atoms with van der Waals surface area (Å²) in [6, 6.07) is 9.38. The van der Waals surface area contributed by atoms with Gasteiger partial charge in [-0.1, -0.05) is 17.3 Å². The molecule has 2 aromatic carbocycles. The molecule has 1 aliphatic rings. The molecule has 31 heavy (non-hydrogen) atoms. The summed E-state index contributed by atoms with van der Waals surface area (Å²) in [5.74, 6) is 0. The number of halogens is 3. The summed E-state index contributed by atoms with van der Waals surface area (Å²) in [7, 11) is -3.80. The summed E-state index contributed by atoms with van der Waals surface area (Å²) in [5.41, 5.74) is -0.0598. The van der Waals surface area contributed by atoms with E-state index in [2.05, 4.69) is 5.16 Å². The number of nitro groups is 1. The number of alkyl halides is 3. The number of piperidine rings is 1. The van der Waals surface area contributed by atoms with Gasteiger partial charge < -0.3 is 4.84 Å². The number of benzene rings is 2. The van der Waals surface area contributed by atoms with Crippen LogP contribution in [0.5, 0.6) is 0 Å². The third-order valence-electron chi connectivity index (χ3n) is 4.66. The first-order valence-electron chi connectivity index (χ1n) is 9.16. The van der Waals surface area contributed by atoms with E-state index >= 15 is 0 Å². The second-order valence-corrected chi connectivity index (χ2v) is 8.72. The van der Waals surface area contributed by atoms with Crippen molar-refractivity contribution < 1.29 is 31.3 Å². The number of sulfonamides is 1. The van der Waals surface area contributed by atoms with Crippen molar-refractivity contribution in [3.8, 4) is 0 Å². The third kappa shape index (κ3) is 5.58. The van der Waals surface area contributed by atoms with Gasteiger partial charge in [-0.15, -0.1) is 0 Å². The van der Waals surface area contributed by atoms with Gasteiger partial charge in [0.15, 0.2) is 0 Å². The zero-order valence-electron chi connectivity index (χ0n) is 16.1. The lowest BCUT2D eigenvalue weighted by molar-refractivity contribution is -0.384. The van der Waals surface area contributed by atoms with E-state index in [1.54, 1.807) is 0 Å². The normalized spacial score (nSPS) is 15.5. The molecule has 8 nitrogen and oxygen atoms in total. The molecule has 166 valence electrons. The van der Waals surface area contributed by atoms with Crippen molar-refractivity contribution in [3.05, 3.63) is 69.8 Å². The molecule has 0 unspecified atom stereocenters. The number of hydrogen-bond donors (Lipinski definition) is 0. The van der Waals surface area contributed by atoms with Crippen LogP contribution in [0.25, 0.3) is 0 Å². The molecule has 1 heterocycles. The Labute approximate surface area is 176 Å². The number of non-ortho nitro benzene ring substituents is 1. The molecule has 1 saturated heterocycles. The van der Waals surface area contributed by atoms with Crippen LogP contribution < -0.4 is 0 Å². The predicted octanol–water partition coefficient (Wildman–Crippen LogP) is 3.97. The summed E-state index contributed by atoms with van der Waals surface area (Å²) < 4.78 is 64.8. The molecule has 0 bridgehead atoms. The molecule has 0 amide bonds. The zero-order chi connectivity index (χ0) is 22.6. The van der Waals surface area contributed by atoms with E-state index in [1.807, 2.05) is 0 Å². The van der Waals surface area contributed by atoms with Gasteiger partial charge in [-0.2, -0.15) is 17.5 Å². The lowest BCUT2D eigenvalue weighted by Crippen LogP contribution is -2.38. The zero-order valence-corrected chi connectivity index (χ0v) is 16.9. The van der Waals surface area contributed by atoms with Crippen molar-refractivity contribution in [3.63, 3.8) is 0 Å². The summed E-state index contributed by atoms with van der Waals surface area (Å²) in [4.78, 5) is 15.2. The highest BCUT2D eigenvalue weighted by Crippen LogP contribution is 2.29. The number of hydrogen-bond acceptors (Lipinski definition) is 6. The number of rotatable bonds is 6. The molecule has 1 aliphatic heterocycles. The Morgan fingerprint density at radius 2 is 1.74 bits per heavy atom. The lowest BCUT2D eigenvalue weighted by atomic mass is 10.1. The molecule has 1 fully saturated rings. The van der Waals surface area contributed by atoms with E-state index in [9.17, 15) is 31.7 Å². The highest BCUT2D eigenvalue weighted by Gasteiger charge is 2.30. The first-order valence-corrected chi connectivity index (χ1v) is 10.6. The lowest BCUT2D eigenvalue weighted by Gasteiger charge is -2.26. The van der Waals surface area contributed by atoms with E-state index in [0.29, 0.717) is 24.1 Å². The van der Waals surface area contributed by atoms with Crippen molar-refractivity contribution in [1.29, 1.82) is 0 Å². The van der Waals surface area contributed by atoms with Crippen LogP contribution in [0, 0.1) is 10.1 Å². The Kier molecular flexibility index (Phi) is 6.60. The molecule has 0 aliphatic carbocycles. The van der Waals surface area contributed by atoms with Crippen LogP contribution in [0.1, 0.15) is 24.0 Å². The van der Waals surface area contributed by atoms with E-state index in [1.165, 1.54) is 28.6 Å². The molecule has 0 N–H and O–H groups in total. The van der Waals surface area contributed by atoms with Crippen LogP contribution in [0.15, 0.2) is 58.6 Å². The molecule has 2 aromatic rings. The summed E-state index contributed by atoms with van der Waals surface area (Å²) >= 11 is 0. The molecule has 12 heteroatoms. The predicted molar refractivity (Wildman–Crippen MR) is 105 cm³/mol. The van der Waals surface area contributed by atoms with Crippen LogP contribution in [-0.2, 0) is 27.6 Å². The summed E-state index contributed by atoms with van der Waals surface area (Å²) in [5, 5.41) is 14.6. The SMILES string of the molecule is O=[N+]([O-])c1ccc(S(=O)(=O)N2CCC(=NOCc3cccc(C(F)(F)F)c3)CC2)cc1. The largest absolute Gasteiger partial charge is 0.416 e. The van der Waals surface area contributed by atoms with Crippen molar-refractivity contribution in [2.45, 2.75) is 30.5 Å². The van der Waals surface area contributed by atoms with E-state index in [4.69, 9.17) is 4.84 Å². The van der Waals surface area contributed by atoms with Gasteiger partial charge in [0, 0.05) is 38.1 Å². The van der Waals surface area contributed by atoms with Crippen LogP contribution in [0.3, 0.4) is 0 Å². The van der Waals surface area contributed by atoms with E-state index < -0.39 is 26.7 Å². The summed E-state index contributed by atoms with van der Waals surface area (Å²) in [6.45, 7) is 0.147. The Hall–Kier alpha value is -2.99. The highest BCUT2D eigenvalue weighted by molar-refractivity contribution is 7.89. The second-order valence-electron chi connectivity index (χ2n) is 6.78. The standard InChI is InChI=1S/C19H18F3N3O5S/c20-19(21,22)15-3-1-2-14(12-15)13-30-23-16-8-10-24(11-9-16)31(28,29)18-6-4-17(5-7-18)25(26)27/h1-7,12H,8-11,13H2. The van der Waals surface area contributed by atoms with Crippen LogP contribution in [0.2, 0.25) is 0 Å². The minimum atomic E-state index is -4.44. The van der Waals surface area contributed by atoms with Crippen molar-refractivity contribution in [2.75, 3.05) is 13.1 Å². The monoisotopic (exact) mass is 457 g/mol. The molecule has 3 rings (SSSR count). The van der Waals surface area contributed by atoms with E-state index in [-0.39, 0.29) is 30.3 Å². The fraction of sp³-hybridized carbons (Fsp3) is 0.316. The van der Waals surface area contributed by atoms with E-state index in [0.717, 1.165) is 24.3 Å². The molecule has 0 spiro atoms. The van der Waals surface area contributed by atoms with Crippen LogP contribution in [0.4, 0.5) is 18.9 Å². The van der Waals surface area contributed by atoms with Crippen molar-refractivity contribution in [1.82, 2.24) is 4.31 Å². The third-order valence-corrected chi connectivity index (χ3v) is 6.58. The van der Waals surface area contributed by atoms with Gasteiger partial charge in [-0.25, -0.2) is 8.42 Å². The minimum absolute atomic E-state index is 0.0423. The fourth-order valence-electron chi connectivity index (χ4n) is 3.00. The maximum atomic E-state index is 12.7. The van der Waals surface area contributed by atoms with Crippen LogP contribution in [-0.4, -0.2) is 36.4 Å². The molecule has 0 saturated carbocycles. The Morgan fingerprint density at radius 3 is 2.32 bits per heavy atom. The first-order chi connectivity index (χ1) is 14.6. The average molecular weight is 457 g/mol. The first kappa shape index (κ1) is 22.7. The molecular weight excluding hydrogens is 439 g/mol. The molecule has 0 radical (unpaired) electrons. The maximum absolute atomic E-state index is 12.7. The highest BCUT2D eigenvalue weighted by atomic mass is 32.2. The number of oxime groups is 1. The van der Waals surface area contributed by atoms with Gasteiger partial charge in [0.2, 0.25) is 10.0 Å². The number of nitrogens with zero attached hydrogens (tertiary/aromatic N) is 3.